The summed E-state index contributed by atoms with van der Waals surface area (Å²) in [6.07, 6.45) is 2.70. The number of hydrogen-bond donors (Lipinski definition) is 3. The lowest BCUT2D eigenvalue weighted by Crippen LogP contribution is -2.32. The maximum atomic E-state index is 12.8. The summed E-state index contributed by atoms with van der Waals surface area (Å²) < 4.78 is 0. The van der Waals surface area contributed by atoms with E-state index in [0.717, 1.165) is 32.4 Å². The minimum Gasteiger partial charge on any atom is -0.376 e. The van der Waals surface area contributed by atoms with Crippen LogP contribution in [-0.2, 0) is 4.79 Å². The summed E-state index contributed by atoms with van der Waals surface area (Å²) in [5, 5.41) is 8.69. The summed E-state index contributed by atoms with van der Waals surface area (Å²) in [6, 6.07) is 14.0. The Balaban J connectivity index is 1.91. The first-order valence-electron chi connectivity index (χ1n) is 11.3. The first-order chi connectivity index (χ1) is 15.5. The summed E-state index contributed by atoms with van der Waals surface area (Å²) >= 11 is 0. The maximum absolute atomic E-state index is 12.8. The summed E-state index contributed by atoms with van der Waals surface area (Å²) in [7, 11) is 0. The van der Waals surface area contributed by atoms with Crippen LogP contribution >= 0.6 is 0 Å². The van der Waals surface area contributed by atoms with Crippen LogP contribution in [0.3, 0.4) is 0 Å². The van der Waals surface area contributed by atoms with Gasteiger partial charge in [-0.2, -0.15) is 0 Å². The van der Waals surface area contributed by atoms with Gasteiger partial charge in [0, 0.05) is 42.1 Å². The molecule has 2 aromatic rings. The van der Waals surface area contributed by atoms with Crippen molar-refractivity contribution in [3.63, 3.8) is 0 Å². The molecular formula is C25H34N4O3. The molecule has 0 aromatic heterocycles. The summed E-state index contributed by atoms with van der Waals surface area (Å²) in [5.74, 6) is -0.342. The molecule has 2 rings (SSSR count). The van der Waals surface area contributed by atoms with Crippen molar-refractivity contribution in [2.45, 2.75) is 40.0 Å². The van der Waals surface area contributed by atoms with E-state index in [-0.39, 0.29) is 24.3 Å². The number of benzene rings is 2. The van der Waals surface area contributed by atoms with E-state index >= 15 is 0 Å². The van der Waals surface area contributed by atoms with Gasteiger partial charge in [0.1, 0.15) is 0 Å². The molecule has 0 unspecified atom stereocenters. The van der Waals surface area contributed by atoms with Gasteiger partial charge in [-0.25, -0.2) is 0 Å². The molecular weight excluding hydrogens is 404 g/mol. The van der Waals surface area contributed by atoms with Crippen LogP contribution in [0.5, 0.6) is 0 Å². The molecule has 0 radical (unpaired) electrons. The summed E-state index contributed by atoms with van der Waals surface area (Å²) in [4.78, 5) is 38.9. The van der Waals surface area contributed by atoms with Gasteiger partial charge in [0.15, 0.2) is 0 Å². The van der Waals surface area contributed by atoms with Gasteiger partial charge in [0.05, 0.1) is 6.54 Å². The van der Waals surface area contributed by atoms with Crippen molar-refractivity contribution in [2.75, 3.05) is 36.8 Å². The zero-order valence-corrected chi connectivity index (χ0v) is 19.2. The van der Waals surface area contributed by atoms with Crippen LogP contribution in [0.2, 0.25) is 0 Å². The van der Waals surface area contributed by atoms with Gasteiger partial charge in [0.25, 0.3) is 11.8 Å². The monoisotopic (exact) mass is 438 g/mol. The molecule has 0 atom stereocenters. The summed E-state index contributed by atoms with van der Waals surface area (Å²) in [5.41, 5.74) is 2.48. The molecule has 0 aliphatic carbocycles. The second kappa shape index (κ2) is 13.1. The zero-order valence-electron chi connectivity index (χ0n) is 19.2. The van der Waals surface area contributed by atoms with Gasteiger partial charge in [-0.15, -0.1) is 0 Å². The lowest BCUT2D eigenvalue weighted by molar-refractivity contribution is -0.114. The maximum Gasteiger partial charge on any atom is 0.253 e. The Bertz CT molecular complexity index is 890. The highest BCUT2D eigenvalue weighted by molar-refractivity contribution is 5.97. The largest absolute Gasteiger partial charge is 0.376 e. The average molecular weight is 439 g/mol. The van der Waals surface area contributed by atoms with E-state index in [0.29, 0.717) is 29.0 Å². The van der Waals surface area contributed by atoms with Crippen LogP contribution in [-0.4, -0.2) is 48.8 Å². The third-order valence-corrected chi connectivity index (χ3v) is 4.80. The standard InChI is InChI=1S/C25H34N4O3/c1-4-14-26-24(31)19-10-12-21(13-11-19)28-23(30)18-27-22-9-7-8-20(17-22)25(32)29(15-5-2)16-6-3/h7-13,17,27H,4-6,14-16,18H2,1-3H3,(H,26,31)(H,28,30). The molecule has 172 valence electrons. The van der Waals surface area contributed by atoms with Crippen LogP contribution in [0, 0.1) is 0 Å². The molecule has 0 aliphatic rings. The molecule has 0 bridgehead atoms. The van der Waals surface area contributed by atoms with Crippen molar-refractivity contribution in [1.29, 1.82) is 0 Å². The van der Waals surface area contributed by atoms with Crippen molar-refractivity contribution in [1.82, 2.24) is 10.2 Å². The quantitative estimate of drug-likeness (QED) is 0.465. The molecule has 3 N–H and O–H groups in total. The fourth-order valence-electron chi connectivity index (χ4n) is 3.23. The van der Waals surface area contributed by atoms with E-state index in [2.05, 4.69) is 29.8 Å². The van der Waals surface area contributed by atoms with E-state index in [1.54, 1.807) is 36.4 Å². The minimum atomic E-state index is -0.219. The average Bonchev–Trinajstić information content (AvgIpc) is 2.81. The van der Waals surface area contributed by atoms with Crippen LogP contribution in [0.1, 0.15) is 60.7 Å². The minimum absolute atomic E-state index is 0.00450. The topological polar surface area (TPSA) is 90.5 Å². The fraction of sp³-hybridized carbons (Fsp3) is 0.400. The SMILES string of the molecule is CCCNC(=O)c1ccc(NC(=O)CNc2cccc(C(=O)N(CCC)CCC)c2)cc1. The molecule has 3 amide bonds. The smallest absolute Gasteiger partial charge is 0.253 e. The molecule has 0 saturated heterocycles. The Morgan fingerprint density at radius 3 is 2.12 bits per heavy atom. The number of hydrogen-bond acceptors (Lipinski definition) is 4. The first kappa shape index (κ1) is 24.9. The third kappa shape index (κ3) is 7.72. The number of carbonyl (C=O) groups is 3. The van der Waals surface area contributed by atoms with E-state index in [1.165, 1.54) is 0 Å². The molecule has 0 spiro atoms. The number of nitrogens with one attached hydrogen (secondary N) is 3. The molecule has 0 aliphatic heterocycles. The van der Waals surface area contributed by atoms with E-state index < -0.39 is 0 Å². The normalized spacial score (nSPS) is 10.3. The van der Waals surface area contributed by atoms with Crippen LogP contribution in [0.25, 0.3) is 0 Å². The molecule has 32 heavy (non-hydrogen) atoms. The van der Waals surface area contributed by atoms with Crippen molar-refractivity contribution in [3.05, 3.63) is 59.7 Å². The van der Waals surface area contributed by atoms with Crippen LogP contribution in [0.4, 0.5) is 11.4 Å². The van der Waals surface area contributed by atoms with Crippen LogP contribution < -0.4 is 16.0 Å². The Kier molecular flexibility index (Phi) is 10.2. The van der Waals surface area contributed by atoms with Gasteiger partial charge < -0.3 is 20.9 Å². The molecule has 2 aromatic carbocycles. The Morgan fingerprint density at radius 2 is 1.50 bits per heavy atom. The van der Waals surface area contributed by atoms with Gasteiger partial charge >= 0.3 is 0 Å². The van der Waals surface area contributed by atoms with Crippen LogP contribution in [0.15, 0.2) is 48.5 Å². The second-order valence-electron chi connectivity index (χ2n) is 7.61. The molecule has 0 fully saturated rings. The van der Waals surface area contributed by atoms with Gasteiger partial charge in [-0.05, 0) is 61.7 Å². The zero-order chi connectivity index (χ0) is 23.3. The molecule has 0 saturated carbocycles. The fourth-order valence-corrected chi connectivity index (χ4v) is 3.23. The highest BCUT2D eigenvalue weighted by atomic mass is 16.2. The number of rotatable bonds is 12. The highest BCUT2D eigenvalue weighted by Crippen LogP contribution is 2.14. The Hall–Kier alpha value is -3.35. The molecule has 7 heteroatoms. The predicted molar refractivity (Wildman–Crippen MR) is 129 cm³/mol. The summed E-state index contributed by atoms with van der Waals surface area (Å²) in [6.45, 7) is 8.25. The molecule has 7 nitrogen and oxygen atoms in total. The number of nitrogens with zero attached hydrogens (tertiary/aromatic N) is 1. The van der Waals surface area contributed by atoms with Crippen molar-refractivity contribution in [2.24, 2.45) is 0 Å². The van der Waals surface area contributed by atoms with E-state index in [1.807, 2.05) is 24.0 Å². The number of carbonyl (C=O) groups excluding carboxylic acids is 3. The lowest BCUT2D eigenvalue weighted by Gasteiger charge is -2.21. The number of amides is 3. The van der Waals surface area contributed by atoms with E-state index in [9.17, 15) is 14.4 Å². The predicted octanol–water partition coefficient (Wildman–Crippen LogP) is 4.14. The van der Waals surface area contributed by atoms with E-state index in [4.69, 9.17) is 0 Å². The van der Waals surface area contributed by atoms with Crippen molar-refractivity contribution >= 4 is 29.1 Å². The van der Waals surface area contributed by atoms with Crippen molar-refractivity contribution in [3.8, 4) is 0 Å². The third-order valence-electron chi connectivity index (χ3n) is 4.80. The van der Waals surface area contributed by atoms with Crippen molar-refractivity contribution < 1.29 is 14.4 Å². The first-order valence-corrected chi connectivity index (χ1v) is 11.3. The molecule has 0 heterocycles. The Labute approximate surface area is 190 Å². The highest BCUT2D eigenvalue weighted by Gasteiger charge is 2.14. The van der Waals surface area contributed by atoms with Gasteiger partial charge in [-0.3, -0.25) is 14.4 Å². The Morgan fingerprint density at radius 1 is 0.812 bits per heavy atom. The van der Waals surface area contributed by atoms with Gasteiger partial charge in [-0.1, -0.05) is 26.8 Å². The lowest BCUT2D eigenvalue weighted by atomic mass is 10.1. The number of anilines is 2. The second-order valence-corrected chi connectivity index (χ2v) is 7.61. The van der Waals surface area contributed by atoms with Gasteiger partial charge in [0.2, 0.25) is 5.91 Å².